The number of nitrogens with one attached hydrogen (secondary N) is 1. The monoisotopic (exact) mass is 269 g/mol. The van der Waals surface area contributed by atoms with Gasteiger partial charge in [0.25, 0.3) is 0 Å². The highest BCUT2D eigenvalue weighted by atomic mass is 15.0. The van der Waals surface area contributed by atoms with E-state index in [9.17, 15) is 0 Å². The summed E-state index contributed by atoms with van der Waals surface area (Å²) in [6.07, 6.45) is 9.97. The normalized spacial score (nSPS) is 18.4. The molecule has 1 unspecified atom stereocenters. The van der Waals surface area contributed by atoms with Crippen LogP contribution in [0.3, 0.4) is 0 Å². The van der Waals surface area contributed by atoms with E-state index in [-0.39, 0.29) is 0 Å². The Morgan fingerprint density at radius 2 is 2.00 bits per heavy atom. The smallest absolute Gasteiger partial charge is 0.197 e. The molecule has 0 saturated heterocycles. The Morgan fingerprint density at radius 1 is 1.15 bits per heavy atom. The molecule has 5 heteroatoms. The zero-order valence-electron chi connectivity index (χ0n) is 11.7. The van der Waals surface area contributed by atoms with E-state index in [1.165, 1.54) is 18.4 Å². The van der Waals surface area contributed by atoms with Crippen LogP contribution >= 0.6 is 0 Å². The van der Waals surface area contributed by atoms with E-state index in [2.05, 4.69) is 27.2 Å². The van der Waals surface area contributed by atoms with E-state index in [4.69, 9.17) is 4.98 Å². The van der Waals surface area contributed by atoms with Crippen LogP contribution in [0.5, 0.6) is 0 Å². The Bertz CT molecular complexity index is 570. The Hall–Kier alpha value is -1.88. The molecule has 0 radical (unpaired) electrons. The van der Waals surface area contributed by atoms with Crippen LogP contribution in [0.2, 0.25) is 0 Å². The molecule has 104 valence electrons. The van der Waals surface area contributed by atoms with Crippen LogP contribution in [0, 0.1) is 0 Å². The van der Waals surface area contributed by atoms with Gasteiger partial charge < -0.3 is 5.32 Å². The van der Waals surface area contributed by atoms with E-state index >= 15 is 0 Å². The Labute approximate surface area is 118 Å². The second-order valence-electron chi connectivity index (χ2n) is 5.02. The second kappa shape index (κ2) is 6.05. The molecule has 2 heterocycles. The standard InChI is InChI=1S/C15H19N5/c1-2-16-12-6-3-4-7-13-11(12)10-19-15(20-13)14-17-8-5-9-18-14/h5,8-10,12,16H,2-4,6-7H2,1H3. The van der Waals surface area contributed by atoms with Gasteiger partial charge in [0.15, 0.2) is 11.6 Å². The topological polar surface area (TPSA) is 63.6 Å². The maximum atomic E-state index is 4.70. The number of hydrogen-bond donors (Lipinski definition) is 1. The average molecular weight is 269 g/mol. The molecule has 1 atom stereocenters. The first-order valence-corrected chi connectivity index (χ1v) is 7.25. The molecular weight excluding hydrogens is 250 g/mol. The van der Waals surface area contributed by atoms with Gasteiger partial charge in [0.2, 0.25) is 0 Å². The van der Waals surface area contributed by atoms with Crippen molar-refractivity contribution in [3.63, 3.8) is 0 Å². The molecule has 0 spiro atoms. The molecule has 1 aliphatic rings. The highest BCUT2D eigenvalue weighted by molar-refractivity contribution is 5.43. The molecule has 1 aliphatic carbocycles. The summed E-state index contributed by atoms with van der Waals surface area (Å²) in [6, 6.07) is 2.18. The van der Waals surface area contributed by atoms with Crippen molar-refractivity contribution in [2.24, 2.45) is 0 Å². The number of nitrogens with zero attached hydrogens (tertiary/aromatic N) is 4. The molecule has 0 aliphatic heterocycles. The molecule has 20 heavy (non-hydrogen) atoms. The second-order valence-corrected chi connectivity index (χ2v) is 5.02. The van der Waals surface area contributed by atoms with Crippen molar-refractivity contribution < 1.29 is 0 Å². The fourth-order valence-corrected chi connectivity index (χ4v) is 2.69. The van der Waals surface area contributed by atoms with Crippen molar-refractivity contribution in [3.8, 4) is 11.6 Å². The largest absolute Gasteiger partial charge is 0.310 e. The summed E-state index contributed by atoms with van der Waals surface area (Å²) >= 11 is 0. The van der Waals surface area contributed by atoms with Gasteiger partial charge in [-0.25, -0.2) is 19.9 Å². The minimum atomic E-state index is 0.378. The SMILES string of the molecule is CCNC1CCCCc2nc(-c3ncccn3)ncc21. The molecular formula is C15H19N5. The zero-order valence-corrected chi connectivity index (χ0v) is 11.7. The van der Waals surface area contributed by atoms with Crippen molar-refractivity contribution in [1.82, 2.24) is 25.3 Å². The lowest BCUT2D eigenvalue weighted by molar-refractivity contribution is 0.502. The van der Waals surface area contributed by atoms with E-state index in [0.717, 1.165) is 25.1 Å². The molecule has 0 aromatic carbocycles. The fourth-order valence-electron chi connectivity index (χ4n) is 2.69. The van der Waals surface area contributed by atoms with Gasteiger partial charge in [-0.2, -0.15) is 0 Å². The number of hydrogen-bond acceptors (Lipinski definition) is 5. The van der Waals surface area contributed by atoms with Gasteiger partial charge >= 0.3 is 0 Å². The first kappa shape index (κ1) is 13.1. The minimum absolute atomic E-state index is 0.378. The maximum absolute atomic E-state index is 4.70. The number of rotatable bonds is 3. The van der Waals surface area contributed by atoms with Gasteiger partial charge in [-0.05, 0) is 31.9 Å². The molecule has 2 aromatic rings. The van der Waals surface area contributed by atoms with Gasteiger partial charge in [-0.3, -0.25) is 0 Å². The average Bonchev–Trinajstić information content (AvgIpc) is 2.71. The summed E-state index contributed by atoms with van der Waals surface area (Å²) < 4.78 is 0. The first-order valence-electron chi connectivity index (χ1n) is 7.25. The van der Waals surface area contributed by atoms with Crippen molar-refractivity contribution in [3.05, 3.63) is 35.9 Å². The van der Waals surface area contributed by atoms with Crippen LogP contribution in [0.15, 0.2) is 24.7 Å². The third-order valence-electron chi connectivity index (χ3n) is 3.65. The van der Waals surface area contributed by atoms with Crippen molar-refractivity contribution in [1.29, 1.82) is 0 Å². The highest BCUT2D eigenvalue weighted by Crippen LogP contribution is 2.27. The summed E-state index contributed by atoms with van der Waals surface area (Å²) in [5.41, 5.74) is 2.38. The summed E-state index contributed by atoms with van der Waals surface area (Å²) in [6.45, 7) is 3.10. The summed E-state index contributed by atoms with van der Waals surface area (Å²) in [5.74, 6) is 1.22. The van der Waals surface area contributed by atoms with Crippen molar-refractivity contribution in [2.45, 2.75) is 38.6 Å². The predicted octanol–water partition coefficient (Wildman–Crippen LogP) is 2.31. The van der Waals surface area contributed by atoms with Crippen molar-refractivity contribution >= 4 is 0 Å². The lowest BCUT2D eigenvalue weighted by Crippen LogP contribution is -2.21. The van der Waals surface area contributed by atoms with E-state index in [1.807, 2.05) is 6.20 Å². The van der Waals surface area contributed by atoms with Crippen LogP contribution in [-0.4, -0.2) is 26.5 Å². The van der Waals surface area contributed by atoms with Gasteiger partial charge in [0, 0.05) is 35.9 Å². The Kier molecular flexibility index (Phi) is 3.97. The van der Waals surface area contributed by atoms with Gasteiger partial charge in [0.1, 0.15) is 0 Å². The quantitative estimate of drug-likeness (QED) is 0.866. The minimum Gasteiger partial charge on any atom is -0.310 e. The first-order chi connectivity index (χ1) is 9.88. The van der Waals surface area contributed by atoms with E-state index in [0.29, 0.717) is 17.7 Å². The third kappa shape index (κ3) is 2.67. The Morgan fingerprint density at radius 3 is 2.80 bits per heavy atom. The van der Waals surface area contributed by atoms with E-state index < -0.39 is 0 Å². The molecule has 0 bridgehead atoms. The van der Waals surface area contributed by atoms with Crippen LogP contribution in [0.4, 0.5) is 0 Å². The van der Waals surface area contributed by atoms with Crippen molar-refractivity contribution in [2.75, 3.05) is 6.54 Å². The molecule has 0 saturated carbocycles. The van der Waals surface area contributed by atoms with Gasteiger partial charge in [-0.1, -0.05) is 13.3 Å². The lowest BCUT2D eigenvalue weighted by Gasteiger charge is -2.17. The molecule has 3 rings (SSSR count). The maximum Gasteiger partial charge on any atom is 0.197 e. The third-order valence-corrected chi connectivity index (χ3v) is 3.65. The van der Waals surface area contributed by atoms with Gasteiger partial charge in [0.05, 0.1) is 0 Å². The van der Waals surface area contributed by atoms with E-state index in [1.54, 1.807) is 18.5 Å². The summed E-state index contributed by atoms with van der Waals surface area (Å²) in [7, 11) is 0. The summed E-state index contributed by atoms with van der Waals surface area (Å²) in [5, 5.41) is 3.53. The lowest BCUT2D eigenvalue weighted by atomic mass is 10.1. The van der Waals surface area contributed by atoms with Crippen LogP contribution < -0.4 is 5.32 Å². The number of aromatic nitrogens is 4. The molecule has 2 aromatic heterocycles. The Balaban J connectivity index is 1.97. The number of fused-ring (bicyclic) bond motifs is 1. The van der Waals surface area contributed by atoms with Crippen LogP contribution in [0.1, 0.15) is 43.5 Å². The molecule has 0 fully saturated rings. The van der Waals surface area contributed by atoms with Crippen LogP contribution in [-0.2, 0) is 6.42 Å². The summed E-state index contributed by atoms with van der Waals surface area (Å²) in [4.78, 5) is 17.6. The molecule has 0 amide bonds. The van der Waals surface area contributed by atoms with Gasteiger partial charge in [-0.15, -0.1) is 0 Å². The predicted molar refractivity (Wildman–Crippen MR) is 77.0 cm³/mol. The molecule has 1 N–H and O–H groups in total. The molecule has 5 nitrogen and oxygen atoms in total. The number of aryl methyl sites for hydroxylation is 1. The zero-order chi connectivity index (χ0) is 13.8. The highest BCUT2D eigenvalue weighted by Gasteiger charge is 2.20. The van der Waals surface area contributed by atoms with Crippen LogP contribution in [0.25, 0.3) is 11.6 Å². The fraction of sp³-hybridized carbons (Fsp3) is 0.467.